The van der Waals surface area contributed by atoms with Crippen LogP contribution in [0.2, 0.25) is 0 Å². The molecule has 0 atom stereocenters. The van der Waals surface area contributed by atoms with Crippen molar-refractivity contribution in [2.24, 2.45) is 7.05 Å². The van der Waals surface area contributed by atoms with E-state index in [4.69, 9.17) is 9.47 Å². The van der Waals surface area contributed by atoms with Gasteiger partial charge in [-0.25, -0.2) is 0 Å². The Morgan fingerprint density at radius 3 is 2.62 bits per heavy atom. The first-order valence-electron chi connectivity index (χ1n) is 11.3. The maximum absolute atomic E-state index is 13.2. The lowest BCUT2D eigenvalue weighted by Gasteiger charge is -2.26. The topological polar surface area (TPSA) is 84.8 Å². The lowest BCUT2D eigenvalue weighted by Crippen LogP contribution is -2.42. The van der Waals surface area contributed by atoms with Gasteiger partial charge in [0, 0.05) is 55.9 Å². The van der Waals surface area contributed by atoms with Crippen LogP contribution in [-0.2, 0) is 16.6 Å². The number of morpholine rings is 1. The molecule has 0 aliphatic carbocycles. The van der Waals surface area contributed by atoms with Gasteiger partial charge < -0.3 is 24.7 Å². The number of fused-ring (bicyclic) bond motifs is 1. The average molecular weight is 463 g/mol. The maximum atomic E-state index is 13.2. The summed E-state index contributed by atoms with van der Waals surface area (Å²) in [6, 6.07) is 14.9. The van der Waals surface area contributed by atoms with Gasteiger partial charge in [-0.05, 0) is 24.3 Å². The van der Waals surface area contributed by atoms with Crippen molar-refractivity contribution in [3.63, 3.8) is 0 Å². The molecular formula is C26H30N4O4. The number of carbonyl (C=O) groups is 2. The number of rotatable bonds is 8. The second kappa shape index (κ2) is 11.0. The van der Waals surface area contributed by atoms with E-state index < -0.39 is 5.91 Å². The highest BCUT2D eigenvalue weighted by Gasteiger charge is 2.19. The lowest BCUT2D eigenvalue weighted by atomic mass is 10.1. The van der Waals surface area contributed by atoms with Gasteiger partial charge in [-0.1, -0.05) is 30.3 Å². The predicted molar refractivity (Wildman–Crippen MR) is 132 cm³/mol. The molecule has 1 aliphatic heterocycles. The number of aromatic nitrogens is 1. The van der Waals surface area contributed by atoms with E-state index in [-0.39, 0.29) is 11.6 Å². The first-order valence-corrected chi connectivity index (χ1v) is 11.3. The van der Waals surface area contributed by atoms with Crippen LogP contribution in [0, 0.1) is 0 Å². The Bertz CT molecular complexity index is 1190. The van der Waals surface area contributed by atoms with Gasteiger partial charge in [0.25, 0.3) is 11.8 Å². The third-order valence-electron chi connectivity index (χ3n) is 5.89. The zero-order valence-corrected chi connectivity index (χ0v) is 19.5. The number of amides is 2. The molecule has 0 spiro atoms. The second-order valence-corrected chi connectivity index (χ2v) is 8.13. The van der Waals surface area contributed by atoms with Gasteiger partial charge in [0.05, 0.1) is 25.9 Å². The van der Waals surface area contributed by atoms with Gasteiger partial charge in [-0.3, -0.25) is 14.5 Å². The number of benzene rings is 2. The fourth-order valence-corrected chi connectivity index (χ4v) is 4.07. The number of para-hydroxylation sites is 2. The smallest absolute Gasteiger partial charge is 0.267 e. The molecule has 2 amide bonds. The molecule has 0 unspecified atom stereocenters. The van der Waals surface area contributed by atoms with Gasteiger partial charge >= 0.3 is 0 Å². The van der Waals surface area contributed by atoms with Gasteiger partial charge in [0.1, 0.15) is 11.4 Å². The molecule has 1 aromatic heterocycles. The fourth-order valence-electron chi connectivity index (χ4n) is 4.07. The lowest BCUT2D eigenvalue weighted by molar-refractivity contribution is -0.117. The SMILES string of the molecule is COc1ccccc1C(=O)N/C(=C\c1cn(C)c2ccccc12)C(=O)NCCN1CCOCC1. The van der Waals surface area contributed by atoms with Crippen molar-refractivity contribution in [1.82, 2.24) is 20.1 Å². The van der Waals surface area contributed by atoms with Crippen LogP contribution >= 0.6 is 0 Å². The first-order chi connectivity index (χ1) is 16.6. The van der Waals surface area contributed by atoms with E-state index in [1.54, 1.807) is 30.3 Å². The zero-order valence-electron chi connectivity index (χ0n) is 19.5. The monoisotopic (exact) mass is 462 g/mol. The van der Waals surface area contributed by atoms with E-state index in [2.05, 4.69) is 15.5 Å². The van der Waals surface area contributed by atoms with Crippen molar-refractivity contribution >= 4 is 28.8 Å². The highest BCUT2D eigenvalue weighted by atomic mass is 16.5. The standard InChI is InChI=1S/C26H30N4O4/c1-29-18-19(20-7-3-5-9-23(20)29)17-22(26(32)27-11-12-30-13-15-34-16-14-30)28-25(31)21-8-4-6-10-24(21)33-2/h3-10,17-18H,11-16H2,1-2H3,(H,27,32)(H,28,31)/b22-17-. The number of carbonyl (C=O) groups excluding carboxylic acids is 2. The zero-order chi connectivity index (χ0) is 23.9. The Morgan fingerprint density at radius 2 is 1.82 bits per heavy atom. The minimum Gasteiger partial charge on any atom is -0.496 e. The predicted octanol–water partition coefficient (Wildman–Crippen LogP) is 2.41. The van der Waals surface area contributed by atoms with Crippen molar-refractivity contribution < 1.29 is 19.1 Å². The van der Waals surface area contributed by atoms with Crippen molar-refractivity contribution in [1.29, 1.82) is 0 Å². The number of nitrogens with one attached hydrogen (secondary N) is 2. The maximum Gasteiger partial charge on any atom is 0.267 e. The summed E-state index contributed by atoms with van der Waals surface area (Å²) in [6.45, 7) is 4.29. The molecule has 3 aromatic rings. The normalized spacial score (nSPS) is 14.7. The quantitative estimate of drug-likeness (QED) is 0.503. The molecule has 2 N–H and O–H groups in total. The Hall–Kier alpha value is -3.62. The molecule has 1 saturated heterocycles. The summed E-state index contributed by atoms with van der Waals surface area (Å²) in [4.78, 5) is 28.5. The van der Waals surface area contributed by atoms with Gasteiger partial charge in [-0.2, -0.15) is 0 Å². The molecule has 4 rings (SSSR count). The van der Waals surface area contributed by atoms with Crippen molar-refractivity contribution in [2.75, 3.05) is 46.5 Å². The Balaban J connectivity index is 1.58. The highest BCUT2D eigenvalue weighted by Crippen LogP contribution is 2.23. The third kappa shape index (κ3) is 5.47. The first kappa shape index (κ1) is 23.5. The molecule has 0 saturated carbocycles. The molecule has 2 aromatic carbocycles. The summed E-state index contributed by atoms with van der Waals surface area (Å²) in [5.74, 6) is -0.311. The van der Waals surface area contributed by atoms with Gasteiger partial charge in [0.2, 0.25) is 0 Å². The van der Waals surface area contributed by atoms with Crippen LogP contribution < -0.4 is 15.4 Å². The molecule has 0 radical (unpaired) electrons. The Labute approximate surface area is 199 Å². The van der Waals surface area contributed by atoms with E-state index in [1.807, 2.05) is 42.1 Å². The minimum atomic E-state index is -0.410. The van der Waals surface area contributed by atoms with Crippen LogP contribution in [0.25, 0.3) is 17.0 Å². The van der Waals surface area contributed by atoms with Crippen LogP contribution in [0.5, 0.6) is 5.75 Å². The summed E-state index contributed by atoms with van der Waals surface area (Å²) in [6.07, 6.45) is 3.67. The fraction of sp³-hybridized carbons (Fsp3) is 0.308. The Kier molecular flexibility index (Phi) is 7.61. The van der Waals surface area contributed by atoms with E-state index >= 15 is 0 Å². The molecule has 8 nitrogen and oxygen atoms in total. The highest BCUT2D eigenvalue weighted by molar-refractivity contribution is 6.07. The molecule has 1 fully saturated rings. The Morgan fingerprint density at radius 1 is 1.09 bits per heavy atom. The van der Waals surface area contributed by atoms with Gasteiger partial charge in [-0.15, -0.1) is 0 Å². The number of hydrogen-bond donors (Lipinski definition) is 2. The second-order valence-electron chi connectivity index (χ2n) is 8.13. The van der Waals surface area contributed by atoms with Crippen molar-refractivity contribution in [3.8, 4) is 5.75 Å². The molecule has 178 valence electrons. The van der Waals surface area contributed by atoms with Gasteiger partial charge in [0.15, 0.2) is 0 Å². The molecule has 34 heavy (non-hydrogen) atoms. The number of aryl methyl sites for hydroxylation is 1. The van der Waals surface area contributed by atoms with Crippen LogP contribution in [0.15, 0.2) is 60.4 Å². The number of nitrogens with zero attached hydrogens (tertiary/aromatic N) is 2. The number of hydrogen-bond acceptors (Lipinski definition) is 5. The van der Waals surface area contributed by atoms with E-state index in [0.29, 0.717) is 31.1 Å². The van der Waals surface area contributed by atoms with Crippen LogP contribution in [-0.4, -0.2) is 67.8 Å². The molecule has 1 aliphatic rings. The van der Waals surface area contributed by atoms with E-state index in [1.165, 1.54) is 7.11 Å². The largest absolute Gasteiger partial charge is 0.496 e. The summed E-state index contributed by atoms with van der Waals surface area (Å²) in [5, 5.41) is 6.75. The van der Waals surface area contributed by atoms with E-state index in [0.717, 1.165) is 36.1 Å². The van der Waals surface area contributed by atoms with Crippen LogP contribution in [0.3, 0.4) is 0 Å². The number of ether oxygens (including phenoxy) is 2. The van der Waals surface area contributed by atoms with Crippen LogP contribution in [0.1, 0.15) is 15.9 Å². The van der Waals surface area contributed by atoms with E-state index in [9.17, 15) is 9.59 Å². The summed E-state index contributed by atoms with van der Waals surface area (Å²) < 4.78 is 12.7. The molecule has 2 heterocycles. The number of methoxy groups -OCH3 is 1. The van der Waals surface area contributed by atoms with Crippen LogP contribution in [0.4, 0.5) is 0 Å². The third-order valence-corrected chi connectivity index (χ3v) is 5.89. The minimum absolute atomic E-state index is 0.175. The average Bonchev–Trinajstić information content (AvgIpc) is 3.19. The molecular weight excluding hydrogens is 432 g/mol. The summed E-state index contributed by atoms with van der Waals surface area (Å²) in [7, 11) is 3.46. The van der Waals surface area contributed by atoms with Crippen molar-refractivity contribution in [3.05, 3.63) is 71.6 Å². The molecule has 0 bridgehead atoms. The summed E-state index contributed by atoms with van der Waals surface area (Å²) in [5.41, 5.74) is 2.41. The molecule has 8 heteroatoms. The van der Waals surface area contributed by atoms with Crippen molar-refractivity contribution in [2.45, 2.75) is 0 Å². The summed E-state index contributed by atoms with van der Waals surface area (Å²) >= 11 is 0.